The zero-order valence-electron chi connectivity index (χ0n) is 9.74. The van der Waals surface area contributed by atoms with Gasteiger partial charge in [0.05, 0.1) is 19.8 Å². The number of hydrogen-bond acceptors (Lipinski definition) is 6. The van der Waals surface area contributed by atoms with Crippen molar-refractivity contribution in [3.8, 4) is 0 Å². The van der Waals surface area contributed by atoms with E-state index in [2.05, 4.69) is 5.32 Å². The zero-order chi connectivity index (χ0) is 12.6. The lowest BCUT2D eigenvalue weighted by Gasteiger charge is -2.14. The Labute approximate surface area is 94.3 Å². The molecule has 0 atom stereocenters. The van der Waals surface area contributed by atoms with Crippen LogP contribution in [0.15, 0.2) is 0 Å². The average molecular weight is 231 g/mol. The van der Waals surface area contributed by atoms with Gasteiger partial charge in [0, 0.05) is 0 Å². The summed E-state index contributed by atoms with van der Waals surface area (Å²) in [5, 5.41) is 2.49. The predicted octanol–water partition coefficient (Wildman–Crippen LogP) is -0.340. The fraction of sp³-hybridized carbons (Fsp3) is 0.700. The SMILES string of the molecule is CCOC(=O)C(NCC(C)=O)C(=O)OCC. The zero-order valence-corrected chi connectivity index (χ0v) is 9.74. The molecule has 6 heteroatoms. The van der Waals surface area contributed by atoms with Crippen molar-refractivity contribution >= 4 is 17.7 Å². The molecule has 16 heavy (non-hydrogen) atoms. The van der Waals surface area contributed by atoms with Crippen LogP contribution in [0, 0.1) is 0 Å². The maximum Gasteiger partial charge on any atom is 0.334 e. The van der Waals surface area contributed by atoms with E-state index in [1.54, 1.807) is 13.8 Å². The van der Waals surface area contributed by atoms with Gasteiger partial charge in [0.1, 0.15) is 5.78 Å². The highest BCUT2D eigenvalue weighted by molar-refractivity contribution is 5.99. The molecule has 0 aromatic rings. The summed E-state index contributed by atoms with van der Waals surface area (Å²) < 4.78 is 9.38. The van der Waals surface area contributed by atoms with Crippen LogP contribution in [0.1, 0.15) is 20.8 Å². The van der Waals surface area contributed by atoms with Crippen LogP contribution in [0.5, 0.6) is 0 Å². The molecule has 0 aromatic carbocycles. The minimum Gasteiger partial charge on any atom is -0.464 e. The summed E-state index contributed by atoms with van der Waals surface area (Å²) in [5.41, 5.74) is 0. The van der Waals surface area contributed by atoms with Crippen LogP contribution in [0.4, 0.5) is 0 Å². The number of Topliss-reactive ketones (excluding diaryl/α,β-unsaturated/α-hetero) is 1. The Morgan fingerprint density at radius 2 is 1.50 bits per heavy atom. The molecule has 0 aliphatic carbocycles. The summed E-state index contributed by atoms with van der Waals surface area (Å²) in [6.45, 7) is 4.85. The van der Waals surface area contributed by atoms with E-state index in [0.717, 1.165) is 0 Å². The second-order valence-corrected chi connectivity index (χ2v) is 3.02. The standard InChI is InChI=1S/C10H17NO5/c1-4-15-9(13)8(10(14)16-5-2)11-6-7(3)12/h8,11H,4-6H2,1-3H3. The van der Waals surface area contributed by atoms with Crippen molar-refractivity contribution in [2.24, 2.45) is 0 Å². The van der Waals surface area contributed by atoms with Crippen LogP contribution in [-0.2, 0) is 23.9 Å². The van der Waals surface area contributed by atoms with Gasteiger partial charge in [-0.25, -0.2) is 9.59 Å². The average Bonchev–Trinajstić information content (AvgIpc) is 2.18. The predicted molar refractivity (Wildman–Crippen MR) is 55.7 cm³/mol. The first-order valence-electron chi connectivity index (χ1n) is 5.09. The molecule has 0 radical (unpaired) electrons. The molecule has 1 N–H and O–H groups in total. The van der Waals surface area contributed by atoms with Crippen LogP contribution in [-0.4, -0.2) is 43.5 Å². The number of hydrogen-bond donors (Lipinski definition) is 1. The summed E-state index contributed by atoms with van der Waals surface area (Å²) in [6.07, 6.45) is 0. The highest BCUT2D eigenvalue weighted by atomic mass is 16.6. The molecule has 0 aliphatic heterocycles. The highest BCUT2D eigenvalue weighted by Crippen LogP contribution is 1.94. The van der Waals surface area contributed by atoms with Gasteiger partial charge in [-0.1, -0.05) is 0 Å². The topological polar surface area (TPSA) is 81.7 Å². The third kappa shape index (κ3) is 5.45. The quantitative estimate of drug-likeness (QED) is 0.477. The number of nitrogens with one attached hydrogen (secondary N) is 1. The van der Waals surface area contributed by atoms with Gasteiger partial charge in [-0.3, -0.25) is 10.1 Å². The fourth-order valence-electron chi connectivity index (χ4n) is 0.960. The van der Waals surface area contributed by atoms with Gasteiger partial charge in [0.25, 0.3) is 0 Å². The van der Waals surface area contributed by atoms with Crippen LogP contribution in [0.2, 0.25) is 0 Å². The van der Waals surface area contributed by atoms with E-state index in [1.807, 2.05) is 0 Å². The van der Waals surface area contributed by atoms with Gasteiger partial charge in [0.15, 0.2) is 0 Å². The summed E-state index contributed by atoms with van der Waals surface area (Å²) in [6, 6.07) is -1.23. The Balaban J connectivity index is 4.42. The second-order valence-electron chi connectivity index (χ2n) is 3.02. The van der Waals surface area contributed by atoms with Gasteiger partial charge < -0.3 is 9.47 Å². The summed E-state index contributed by atoms with van der Waals surface area (Å²) >= 11 is 0. The fourth-order valence-corrected chi connectivity index (χ4v) is 0.960. The van der Waals surface area contributed by atoms with Crippen LogP contribution in [0.3, 0.4) is 0 Å². The van der Waals surface area contributed by atoms with Crippen molar-refractivity contribution in [2.45, 2.75) is 26.8 Å². The molecule has 0 amide bonds. The van der Waals surface area contributed by atoms with Crippen LogP contribution in [0.25, 0.3) is 0 Å². The molecule has 0 rings (SSSR count). The first-order valence-corrected chi connectivity index (χ1v) is 5.09. The molecule has 0 bridgehead atoms. The molecule has 0 saturated carbocycles. The first kappa shape index (κ1) is 14.6. The van der Waals surface area contributed by atoms with Gasteiger partial charge in [-0.15, -0.1) is 0 Å². The van der Waals surface area contributed by atoms with Crippen LogP contribution < -0.4 is 5.32 Å². The Kier molecular flexibility index (Phi) is 7.11. The summed E-state index contributed by atoms with van der Waals surface area (Å²) in [5.74, 6) is -1.65. The molecular formula is C10H17NO5. The molecule has 92 valence electrons. The second kappa shape index (κ2) is 7.81. The highest BCUT2D eigenvalue weighted by Gasteiger charge is 2.29. The molecule has 0 saturated heterocycles. The van der Waals surface area contributed by atoms with E-state index in [1.165, 1.54) is 6.92 Å². The Bertz CT molecular complexity index is 246. The third-order valence-electron chi connectivity index (χ3n) is 1.60. The summed E-state index contributed by atoms with van der Waals surface area (Å²) in [7, 11) is 0. The molecule has 0 aromatic heterocycles. The molecule has 6 nitrogen and oxygen atoms in total. The third-order valence-corrected chi connectivity index (χ3v) is 1.60. The van der Waals surface area contributed by atoms with Gasteiger partial charge in [-0.2, -0.15) is 0 Å². The Morgan fingerprint density at radius 3 is 1.81 bits per heavy atom. The normalized spacial score (nSPS) is 10.0. The monoisotopic (exact) mass is 231 g/mol. The minimum absolute atomic E-state index is 0.0811. The molecule has 0 aliphatic rings. The van der Waals surface area contributed by atoms with Crippen molar-refractivity contribution in [2.75, 3.05) is 19.8 Å². The number of esters is 2. The maximum atomic E-state index is 11.4. The van der Waals surface area contributed by atoms with Gasteiger partial charge in [0.2, 0.25) is 6.04 Å². The maximum absolute atomic E-state index is 11.4. The van der Waals surface area contributed by atoms with Crippen molar-refractivity contribution in [3.05, 3.63) is 0 Å². The molecule has 0 heterocycles. The van der Waals surface area contributed by atoms with Crippen molar-refractivity contribution in [3.63, 3.8) is 0 Å². The van der Waals surface area contributed by atoms with E-state index >= 15 is 0 Å². The number of ether oxygens (including phenoxy) is 2. The lowest BCUT2D eigenvalue weighted by atomic mass is 10.3. The van der Waals surface area contributed by atoms with E-state index in [4.69, 9.17) is 9.47 Å². The largest absolute Gasteiger partial charge is 0.464 e. The van der Waals surface area contributed by atoms with Crippen molar-refractivity contribution < 1.29 is 23.9 Å². The lowest BCUT2D eigenvalue weighted by Crippen LogP contribution is -2.47. The molecule has 0 spiro atoms. The van der Waals surface area contributed by atoms with Crippen molar-refractivity contribution in [1.82, 2.24) is 5.32 Å². The van der Waals surface area contributed by atoms with Gasteiger partial charge >= 0.3 is 11.9 Å². The molecule has 0 unspecified atom stereocenters. The van der Waals surface area contributed by atoms with Crippen LogP contribution >= 0.6 is 0 Å². The number of carbonyl (C=O) groups is 3. The number of carbonyl (C=O) groups excluding carboxylic acids is 3. The summed E-state index contributed by atoms with van der Waals surface area (Å²) in [4.78, 5) is 33.5. The minimum atomic E-state index is -1.23. The first-order chi connectivity index (χ1) is 7.52. The van der Waals surface area contributed by atoms with E-state index in [-0.39, 0.29) is 25.5 Å². The Morgan fingerprint density at radius 1 is 1.06 bits per heavy atom. The number of rotatable bonds is 7. The van der Waals surface area contributed by atoms with E-state index in [9.17, 15) is 14.4 Å². The van der Waals surface area contributed by atoms with E-state index in [0.29, 0.717) is 0 Å². The molecular weight excluding hydrogens is 214 g/mol. The molecule has 0 fully saturated rings. The number of ketones is 1. The van der Waals surface area contributed by atoms with Crippen molar-refractivity contribution in [1.29, 1.82) is 0 Å². The van der Waals surface area contributed by atoms with Gasteiger partial charge in [-0.05, 0) is 20.8 Å². The smallest absolute Gasteiger partial charge is 0.334 e. The Hall–Kier alpha value is -1.43. The lowest BCUT2D eigenvalue weighted by molar-refractivity contribution is -0.157. The van der Waals surface area contributed by atoms with E-state index < -0.39 is 18.0 Å².